The van der Waals surface area contributed by atoms with Crippen LogP contribution in [0.4, 0.5) is 0 Å². The van der Waals surface area contributed by atoms with E-state index in [2.05, 4.69) is 229 Å². The molecular weight excluding hydrogens is 785 g/mol. The van der Waals surface area contributed by atoms with Crippen LogP contribution in [0.25, 0.3) is 88.4 Å². The number of aromatic nitrogens is 2. The fraction of sp³-hybridized carbons (Fsp3) is 0.138. The normalized spacial score (nSPS) is 15.4. The van der Waals surface area contributed by atoms with Gasteiger partial charge in [0.25, 0.3) is 0 Å². The van der Waals surface area contributed by atoms with Gasteiger partial charge in [0.15, 0.2) is 0 Å². The summed E-state index contributed by atoms with van der Waals surface area (Å²) >= 11 is 0. The van der Waals surface area contributed by atoms with E-state index < -0.39 is 0 Å². The van der Waals surface area contributed by atoms with Crippen molar-refractivity contribution in [1.29, 1.82) is 0 Å². The SMILES string of the molecule is CC1(C)CN=C(c2ccc(-c3ccc4c(c3)c3cc(-c5ccc6c(c5)c5cc(-c7ccc(C8=NCC(C)(C)O8)cc7)ccc5n6-c5ccccc5)ccc3n4-c3ccccc3)cc2)O1. The van der Waals surface area contributed by atoms with Crippen molar-refractivity contribution in [2.24, 2.45) is 9.98 Å². The smallest absolute Gasteiger partial charge is 0.216 e. The number of hydrogen-bond donors (Lipinski definition) is 0. The van der Waals surface area contributed by atoms with E-state index in [1.807, 2.05) is 0 Å². The Morgan fingerprint density at radius 3 is 0.922 bits per heavy atom. The van der Waals surface area contributed by atoms with Crippen LogP contribution in [0.2, 0.25) is 0 Å². The van der Waals surface area contributed by atoms with Gasteiger partial charge in [0.05, 0.1) is 35.2 Å². The van der Waals surface area contributed by atoms with Gasteiger partial charge in [-0.25, -0.2) is 9.98 Å². The highest BCUT2D eigenvalue weighted by Crippen LogP contribution is 2.41. The number of benzene rings is 8. The molecule has 2 aliphatic heterocycles. The van der Waals surface area contributed by atoms with E-state index in [1.54, 1.807) is 0 Å². The zero-order valence-corrected chi connectivity index (χ0v) is 36.3. The fourth-order valence-corrected chi connectivity index (χ4v) is 9.56. The number of aliphatic imine (C=N–C) groups is 2. The van der Waals surface area contributed by atoms with Gasteiger partial charge in [0, 0.05) is 44.0 Å². The number of hydrogen-bond acceptors (Lipinski definition) is 4. The van der Waals surface area contributed by atoms with Crippen LogP contribution >= 0.6 is 0 Å². The lowest BCUT2D eigenvalue weighted by Crippen LogP contribution is -2.24. The van der Waals surface area contributed by atoms with Crippen molar-refractivity contribution in [2.45, 2.75) is 38.9 Å². The van der Waals surface area contributed by atoms with E-state index in [0.29, 0.717) is 24.9 Å². The molecule has 0 saturated carbocycles. The molecule has 0 fully saturated rings. The maximum atomic E-state index is 6.13. The van der Waals surface area contributed by atoms with E-state index in [9.17, 15) is 0 Å². The minimum absolute atomic E-state index is 0.269. The number of ether oxygens (including phenoxy) is 2. The standard InChI is InChI=1S/C58H46N4O2/c1-57(2)35-59-55(63-57)39-19-15-37(16-20-39)41-23-27-51-47(31-41)49-33-43(25-29-53(49)61(51)45-11-7-5-8-12-45)44-26-30-54-50(34-44)48-32-42(24-28-52(48)62(54)46-13-9-6-10-14-46)38-17-21-40(22-18-38)56-60-36-58(3,4)64-56/h5-34H,35-36H2,1-4H3. The van der Waals surface area contributed by atoms with Gasteiger partial charge in [-0.2, -0.15) is 0 Å². The molecule has 6 nitrogen and oxygen atoms in total. The average molecular weight is 831 g/mol. The zero-order valence-electron chi connectivity index (χ0n) is 36.3. The number of nitrogens with zero attached hydrogens (tertiary/aromatic N) is 4. The van der Waals surface area contributed by atoms with Gasteiger partial charge < -0.3 is 18.6 Å². The molecular formula is C58H46N4O2. The largest absolute Gasteiger partial charge is 0.469 e. The third-order valence-corrected chi connectivity index (χ3v) is 12.8. The Hall–Kier alpha value is -7.70. The highest BCUT2D eigenvalue weighted by atomic mass is 16.5. The van der Waals surface area contributed by atoms with Gasteiger partial charge in [-0.15, -0.1) is 0 Å². The van der Waals surface area contributed by atoms with Crippen molar-refractivity contribution in [2.75, 3.05) is 13.1 Å². The third-order valence-electron chi connectivity index (χ3n) is 12.8. The maximum Gasteiger partial charge on any atom is 0.216 e. The first-order chi connectivity index (χ1) is 31.1. The minimum Gasteiger partial charge on any atom is -0.469 e. The molecule has 0 spiro atoms. The number of rotatable bonds is 7. The summed E-state index contributed by atoms with van der Waals surface area (Å²) in [4.78, 5) is 9.33. The summed E-state index contributed by atoms with van der Waals surface area (Å²) in [6, 6.07) is 66.2. The van der Waals surface area contributed by atoms with Crippen LogP contribution in [0, 0.1) is 0 Å². The van der Waals surface area contributed by atoms with Crippen LogP contribution in [0.3, 0.4) is 0 Å². The lowest BCUT2D eigenvalue weighted by atomic mass is 9.98. The van der Waals surface area contributed by atoms with Crippen LogP contribution in [-0.4, -0.2) is 45.2 Å². The summed E-state index contributed by atoms with van der Waals surface area (Å²) in [7, 11) is 0. The van der Waals surface area contributed by atoms with Crippen molar-refractivity contribution in [3.63, 3.8) is 0 Å². The second kappa shape index (κ2) is 14.4. The fourth-order valence-electron chi connectivity index (χ4n) is 9.56. The molecule has 12 rings (SSSR count). The van der Waals surface area contributed by atoms with Crippen molar-refractivity contribution in [3.05, 3.63) is 193 Å². The van der Waals surface area contributed by atoms with Crippen molar-refractivity contribution < 1.29 is 9.47 Å². The predicted molar refractivity (Wildman–Crippen MR) is 265 cm³/mol. The Bertz CT molecular complexity index is 3280. The van der Waals surface area contributed by atoms with Gasteiger partial charge in [0.1, 0.15) is 11.2 Å². The summed E-state index contributed by atoms with van der Waals surface area (Å²) in [6.45, 7) is 9.65. The molecule has 4 heterocycles. The highest BCUT2D eigenvalue weighted by Gasteiger charge is 2.29. The molecule has 0 amide bonds. The first kappa shape index (κ1) is 38.0. The van der Waals surface area contributed by atoms with Crippen LogP contribution in [0.15, 0.2) is 192 Å². The average Bonchev–Trinajstić information content (AvgIpc) is 4.08. The molecule has 0 N–H and O–H groups in total. The van der Waals surface area contributed by atoms with Crippen LogP contribution < -0.4 is 0 Å². The lowest BCUT2D eigenvalue weighted by molar-refractivity contribution is 0.131. The molecule has 310 valence electrons. The Kier molecular flexibility index (Phi) is 8.57. The van der Waals surface area contributed by atoms with Gasteiger partial charge in [-0.3, -0.25) is 0 Å². The molecule has 2 aromatic heterocycles. The molecule has 64 heavy (non-hydrogen) atoms. The molecule has 0 atom stereocenters. The van der Waals surface area contributed by atoms with Crippen molar-refractivity contribution in [3.8, 4) is 44.8 Å². The summed E-state index contributed by atoms with van der Waals surface area (Å²) in [6.07, 6.45) is 0. The Balaban J connectivity index is 0.981. The minimum atomic E-state index is -0.269. The summed E-state index contributed by atoms with van der Waals surface area (Å²) in [5, 5.41) is 4.84. The first-order valence-electron chi connectivity index (χ1n) is 22.1. The maximum absolute atomic E-state index is 6.13. The Morgan fingerprint density at radius 2 is 0.625 bits per heavy atom. The molecule has 0 radical (unpaired) electrons. The van der Waals surface area contributed by atoms with Gasteiger partial charge in [-0.1, -0.05) is 84.9 Å². The monoisotopic (exact) mass is 830 g/mol. The van der Waals surface area contributed by atoms with E-state index >= 15 is 0 Å². The first-order valence-corrected chi connectivity index (χ1v) is 22.1. The molecule has 10 aromatic rings. The molecule has 8 aromatic carbocycles. The molecule has 2 aliphatic rings. The molecule has 0 saturated heterocycles. The second-order valence-corrected chi connectivity index (χ2v) is 18.4. The summed E-state index contributed by atoms with van der Waals surface area (Å²) < 4.78 is 17.0. The number of fused-ring (bicyclic) bond motifs is 6. The van der Waals surface area contributed by atoms with Gasteiger partial charge in [-0.05, 0) is 158 Å². The molecule has 0 unspecified atom stereocenters. The van der Waals surface area contributed by atoms with E-state index in [0.717, 1.165) is 44.8 Å². The quantitative estimate of drug-likeness (QED) is 0.161. The summed E-state index contributed by atoms with van der Waals surface area (Å²) in [5.41, 5.74) is 15.4. The molecule has 6 heteroatoms. The van der Waals surface area contributed by atoms with Gasteiger partial charge >= 0.3 is 0 Å². The molecule has 0 aliphatic carbocycles. The highest BCUT2D eigenvalue weighted by molar-refractivity contribution is 6.14. The zero-order chi connectivity index (χ0) is 43.2. The Labute approximate surface area is 372 Å². The topological polar surface area (TPSA) is 53.0 Å². The third kappa shape index (κ3) is 6.48. The summed E-state index contributed by atoms with van der Waals surface area (Å²) in [5.74, 6) is 1.43. The van der Waals surface area contributed by atoms with E-state index in [-0.39, 0.29) is 11.2 Å². The van der Waals surface area contributed by atoms with Crippen molar-refractivity contribution >= 4 is 55.4 Å². The Morgan fingerprint density at radius 1 is 0.344 bits per heavy atom. The van der Waals surface area contributed by atoms with Crippen LogP contribution in [0.5, 0.6) is 0 Å². The molecule has 0 bridgehead atoms. The van der Waals surface area contributed by atoms with E-state index in [4.69, 9.17) is 9.47 Å². The van der Waals surface area contributed by atoms with Crippen molar-refractivity contribution in [1.82, 2.24) is 9.13 Å². The predicted octanol–water partition coefficient (Wildman–Crippen LogP) is 14.0. The van der Waals surface area contributed by atoms with E-state index in [1.165, 1.54) is 54.7 Å². The van der Waals surface area contributed by atoms with Crippen LogP contribution in [0.1, 0.15) is 38.8 Å². The second-order valence-electron chi connectivity index (χ2n) is 18.4. The van der Waals surface area contributed by atoms with Crippen LogP contribution in [-0.2, 0) is 9.47 Å². The lowest BCUT2D eigenvalue weighted by Gasteiger charge is -2.17. The van der Waals surface area contributed by atoms with Gasteiger partial charge in [0.2, 0.25) is 11.8 Å². The number of para-hydroxylation sites is 2.